The second-order valence-corrected chi connectivity index (χ2v) is 10.3. The molecule has 0 spiro atoms. The van der Waals surface area contributed by atoms with Crippen molar-refractivity contribution in [1.82, 2.24) is 9.80 Å². The Morgan fingerprint density at radius 2 is 1.90 bits per heavy atom. The fourth-order valence-corrected chi connectivity index (χ4v) is 4.95. The molecule has 2 fully saturated rings. The number of rotatable bonds is 10. The summed E-state index contributed by atoms with van der Waals surface area (Å²) in [6.07, 6.45) is 0.597. The van der Waals surface area contributed by atoms with Gasteiger partial charge in [-0.1, -0.05) is 26.0 Å². The van der Waals surface area contributed by atoms with Crippen molar-refractivity contribution in [3.63, 3.8) is 0 Å². The first-order chi connectivity index (χ1) is 18.7. The normalized spacial score (nSPS) is 19.6. The highest BCUT2D eigenvalue weighted by atomic mass is 16.6. The molecule has 10 nitrogen and oxygen atoms in total. The summed E-state index contributed by atoms with van der Waals surface area (Å²) in [4.78, 5) is 41.3. The minimum absolute atomic E-state index is 0.0779. The number of ether oxygens (including phenoxy) is 2. The van der Waals surface area contributed by atoms with Gasteiger partial charge in [-0.2, -0.15) is 0 Å². The second kappa shape index (κ2) is 12.4. The first kappa shape index (κ1) is 28.3. The number of aliphatic hydroxyl groups is 1. The number of ketones is 1. The largest absolute Gasteiger partial charge is 0.507 e. The van der Waals surface area contributed by atoms with Gasteiger partial charge in [-0.25, -0.2) is 0 Å². The number of aryl methyl sites for hydroxylation is 1. The predicted molar refractivity (Wildman–Crippen MR) is 145 cm³/mol. The van der Waals surface area contributed by atoms with Gasteiger partial charge in [0.15, 0.2) is 0 Å². The monoisotopic (exact) mass is 537 g/mol. The SMILES string of the molecule is Cc1cc(OCC(C)C)ccc1C(O)=C1C(=O)C(=O)N(CCCN2CCOCC2)C1c1cccc([N+](=O)[O-])c1. The molecule has 2 aromatic rings. The molecule has 1 amide bonds. The van der Waals surface area contributed by atoms with Crippen molar-refractivity contribution in [2.45, 2.75) is 33.2 Å². The van der Waals surface area contributed by atoms with Crippen LogP contribution in [0.3, 0.4) is 0 Å². The highest BCUT2D eigenvalue weighted by molar-refractivity contribution is 6.46. The summed E-state index contributed by atoms with van der Waals surface area (Å²) in [5, 5.41) is 22.9. The molecule has 2 heterocycles. The van der Waals surface area contributed by atoms with Crippen molar-refractivity contribution >= 4 is 23.1 Å². The van der Waals surface area contributed by atoms with Gasteiger partial charge in [0.05, 0.1) is 36.4 Å². The van der Waals surface area contributed by atoms with E-state index in [1.165, 1.54) is 23.1 Å². The average Bonchev–Trinajstić information content (AvgIpc) is 3.17. The number of hydrogen-bond acceptors (Lipinski definition) is 8. The number of non-ortho nitro benzene ring substituents is 1. The number of nitro groups is 1. The third kappa shape index (κ3) is 6.46. The number of carbonyl (C=O) groups excluding carboxylic acids is 2. The standard InChI is InChI=1S/C29H35N3O7/c1-19(2)18-39-23-8-9-24(20(3)16-23)27(33)25-26(21-6-4-7-22(17-21)32(36)37)31(29(35)28(25)34)11-5-10-30-12-14-38-15-13-30/h4,6-9,16-17,19,26,33H,5,10-15,18H2,1-3H3. The lowest BCUT2D eigenvalue weighted by Gasteiger charge is -2.29. The van der Waals surface area contributed by atoms with Crippen LogP contribution in [0.25, 0.3) is 5.76 Å². The molecule has 39 heavy (non-hydrogen) atoms. The van der Waals surface area contributed by atoms with Crippen molar-refractivity contribution in [2.24, 2.45) is 5.92 Å². The number of hydrogen-bond donors (Lipinski definition) is 1. The maximum absolute atomic E-state index is 13.4. The summed E-state index contributed by atoms with van der Waals surface area (Å²) in [5.41, 5.74) is 1.23. The van der Waals surface area contributed by atoms with Gasteiger partial charge in [0, 0.05) is 43.9 Å². The number of nitro benzene ring substituents is 1. The molecule has 2 aromatic carbocycles. The lowest BCUT2D eigenvalue weighted by molar-refractivity contribution is -0.384. The minimum Gasteiger partial charge on any atom is -0.507 e. The maximum Gasteiger partial charge on any atom is 0.295 e. The van der Waals surface area contributed by atoms with Crippen molar-refractivity contribution in [3.05, 3.63) is 74.8 Å². The number of nitrogens with zero attached hydrogens (tertiary/aromatic N) is 3. The molecular formula is C29H35N3O7. The molecule has 1 atom stereocenters. The highest BCUT2D eigenvalue weighted by Crippen LogP contribution is 2.41. The van der Waals surface area contributed by atoms with Crippen LogP contribution in [0.4, 0.5) is 5.69 Å². The van der Waals surface area contributed by atoms with Gasteiger partial charge in [-0.05, 0) is 48.6 Å². The molecule has 0 aromatic heterocycles. The summed E-state index contributed by atoms with van der Waals surface area (Å²) in [7, 11) is 0. The Morgan fingerprint density at radius 1 is 1.15 bits per heavy atom. The predicted octanol–water partition coefficient (Wildman–Crippen LogP) is 4.08. The number of morpholine rings is 1. The molecular weight excluding hydrogens is 502 g/mol. The summed E-state index contributed by atoms with van der Waals surface area (Å²) in [6.45, 7) is 10.3. The first-order valence-electron chi connectivity index (χ1n) is 13.2. The van der Waals surface area contributed by atoms with Gasteiger partial charge in [0.1, 0.15) is 11.5 Å². The van der Waals surface area contributed by atoms with Crippen molar-refractivity contribution in [2.75, 3.05) is 46.0 Å². The Kier molecular flexibility index (Phi) is 8.98. The Hall–Kier alpha value is -3.76. The summed E-state index contributed by atoms with van der Waals surface area (Å²) >= 11 is 0. The Labute approximate surface area is 228 Å². The van der Waals surface area contributed by atoms with Gasteiger partial charge < -0.3 is 19.5 Å². The lowest BCUT2D eigenvalue weighted by Crippen LogP contribution is -2.39. The average molecular weight is 538 g/mol. The summed E-state index contributed by atoms with van der Waals surface area (Å²) in [6, 6.07) is 10.1. The number of carbonyl (C=O) groups is 2. The molecule has 10 heteroatoms. The molecule has 2 saturated heterocycles. The molecule has 208 valence electrons. The van der Waals surface area contributed by atoms with Crippen LogP contribution in [0.2, 0.25) is 0 Å². The van der Waals surface area contributed by atoms with E-state index in [-0.39, 0.29) is 23.6 Å². The van der Waals surface area contributed by atoms with Crippen LogP contribution in [0.5, 0.6) is 5.75 Å². The van der Waals surface area contributed by atoms with Crippen LogP contribution in [-0.4, -0.2) is 77.5 Å². The van der Waals surface area contributed by atoms with E-state index in [0.29, 0.717) is 61.1 Å². The van der Waals surface area contributed by atoms with Crippen LogP contribution < -0.4 is 4.74 Å². The molecule has 0 aliphatic carbocycles. The van der Waals surface area contributed by atoms with Crippen molar-refractivity contribution in [1.29, 1.82) is 0 Å². The summed E-state index contributed by atoms with van der Waals surface area (Å²) < 4.78 is 11.2. The van der Waals surface area contributed by atoms with Gasteiger partial charge >= 0.3 is 0 Å². The van der Waals surface area contributed by atoms with Gasteiger partial charge in [0.25, 0.3) is 17.4 Å². The van der Waals surface area contributed by atoms with Crippen LogP contribution in [-0.2, 0) is 14.3 Å². The Morgan fingerprint density at radius 3 is 2.56 bits per heavy atom. The molecule has 0 saturated carbocycles. The van der Waals surface area contributed by atoms with E-state index in [0.717, 1.165) is 13.1 Å². The number of benzene rings is 2. The van der Waals surface area contributed by atoms with Crippen LogP contribution in [0, 0.1) is 23.0 Å². The van der Waals surface area contributed by atoms with E-state index in [2.05, 4.69) is 4.90 Å². The zero-order valence-corrected chi connectivity index (χ0v) is 22.6. The molecule has 0 bridgehead atoms. The van der Waals surface area contributed by atoms with E-state index in [9.17, 15) is 24.8 Å². The zero-order valence-electron chi connectivity index (χ0n) is 22.6. The third-order valence-electron chi connectivity index (χ3n) is 6.95. The molecule has 4 rings (SSSR count). The van der Waals surface area contributed by atoms with Crippen LogP contribution in [0.15, 0.2) is 48.0 Å². The van der Waals surface area contributed by atoms with Crippen molar-refractivity contribution in [3.8, 4) is 5.75 Å². The number of likely N-dealkylation sites (tertiary alicyclic amines) is 1. The molecule has 1 unspecified atom stereocenters. The van der Waals surface area contributed by atoms with Gasteiger partial charge in [-0.15, -0.1) is 0 Å². The number of aliphatic hydroxyl groups excluding tert-OH is 1. The zero-order chi connectivity index (χ0) is 28.1. The smallest absolute Gasteiger partial charge is 0.295 e. The molecule has 1 N–H and O–H groups in total. The summed E-state index contributed by atoms with van der Waals surface area (Å²) in [5.74, 6) is -0.878. The fourth-order valence-electron chi connectivity index (χ4n) is 4.95. The lowest BCUT2D eigenvalue weighted by atomic mass is 9.93. The second-order valence-electron chi connectivity index (χ2n) is 10.3. The maximum atomic E-state index is 13.4. The number of Topliss-reactive ketones (excluding diaryl/α,β-unsaturated/α-hetero) is 1. The van der Waals surface area contributed by atoms with Crippen LogP contribution in [0.1, 0.15) is 43.0 Å². The Bertz CT molecular complexity index is 1270. The topological polar surface area (TPSA) is 122 Å². The first-order valence-corrected chi connectivity index (χ1v) is 13.2. The number of amides is 1. The highest BCUT2D eigenvalue weighted by Gasteiger charge is 2.46. The van der Waals surface area contributed by atoms with Crippen molar-refractivity contribution < 1.29 is 29.1 Å². The van der Waals surface area contributed by atoms with E-state index >= 15 is 0 Å². The molecule has 2 aliphatic heterocycles. The Balaban J connectivity index is 1.70. The van der Waals surface area contributed by atoms with Gasteiger partial charge in [0.2, 0.25) is 0 Å². The van der Waals surface area contributed by atoms with E-state index in [4.69, 9.17) is 9.47 Å². The van der Waals surface area contributed by atoms with E-state index in [1.807, 2.05) is 13.8 Å². The third-order valence-corrected chi connectivity index (χ3v) is 6.95. The quantitative estimate of drug-likeness (QED) is 0.158. The van der Waals surface area contributed by atoms with Crippen LogP contribution >= 0.6 is 0 Å². The van der Waals surface area contributed by atoms with E-state index < -0.39 is 22.7 Å². The van der Waals surface area contributed by atoms with Gasteiger partial charge in [-0.3, -0.25) is 24.6 Å². The molecule has 0 radical (unpaired) electrons. The fraction of sp³-hybridized carbons (Fsp3) is 0.448. The minimum atomic E-state index is -0.953. The van der Waals surface area contributed by atoms with E-state index in [1.54, 1.807) is 31.2 Å². The molecule has 2 aliphatic rings.